The molecule has 0 radical (unpaired) electrons. The van der Waals surface area contributed by atoms with Gasteiger partial charge >= 0.3 is 0 Å². The maximum atomic E-state index is 12.9. The predicted molar refractivity (Wildman–Crippen MR) is 95.1 cm³/mol. The molecule has 2 aromatic carbocycles. The zero-order chi connectivity index (χ0) is 17.8. The number of carbonyl (C=O) groups excluding carboxylic acids is 1. The highest BCUT2D eigenvalue weighted by molar-refractivity contribution is 7.93. The van der Waals surface area contributed by atoms with Crippen LogP contribution >= 0.6 is 0 Å². The van der Waals surface area contributed by atoms with Gasteiger partial charge in [-0.15, -0.1) is 0 Å². The first kappa shape index (κ1) is 16.4. The first-order chi connectivity index (χ1) is 11.9. The zero-order valence-corrected chi connectivity index (χ0v) is 15.0. The Bertz CT molecular complexity index is 941. The fourth-order valence-corrected chi connectivity index (χ4v) is 5.39. The average Bonchev–Trinajstić information content (AvgIpc) is 2.77. The van der Waals surface area contributed by atoms with Gasteiger partial charge in [0.1, 0.15) is 6.54 Å². The second-order valence-corrected chi connectivity index (χ2v) is 8.53. The second-order valence-electron chi connectivity index (χ2n) is 6.70. The first-order valence-electron chi connectivity index (χ1n) is 8.35. The highest BCUT2D eigenvalue weighted by atomic mass is 32.2. The highest BCUT2D eigenvalue weighted by Crippen LogP contribution is 2.41. The lowest BCUT2D eigenvalue weighted by atomic mass is 10.1. The van der Waals surface area contributed by atoms with Gasteiger partial charge in [-0.1, -0.05) is 24.3 Å². The van der Waals surface area contributed by atoms with Crippen LogP contribution in [0.1, 0.15) is 13.8 Å². The molecular weight excluding hydrogens is 340 g/mol. The second kappa shape index (κ2) is 5.71. The van der Waals surface area contributed by atoms with Crippen LogP contribution in [0.5, 0.6) is 0 Å². The Labute approximate surface area is 147 Å². The minimum atomic E-state index is -3.70. The molecule has 2 atom stereocenters. The zero-order valence-electron chi connectivity index (χ0n) is 14.2. The predicted octanol–water partition coefficient (Wildman–Crippen LogP) is 1.98. The van der Waals surface area contributed by atoms with Crippen LogP contribution in [0.15, 0.2) is 41.3 Å². The van der Waals surface area contributed by atoms with Crippen LogP contribution < -0.4 is 4.31 Å². The summed E-state index contributed by atoms with van der Waals surface area (Å²) in [5, 5.41) is 1.56. The van der Waals surface area contributed by atoms with E-state index in [9.17, 15) is 13.2 Å². The molecule has 2 aromatic rings. The van der Waals surface area contributed by atoms with E-state index in [1.165, 1.54) is 4.31 Å². The van der Waals surface area contributed by atoms with Crippen molar-refractivity contribution >= 4 is 32.4 Å². The van der Waals surface area contributed by atoms with Crippen molar-refractivity contribution in [3.05, 3.63) is 36.4 Å². The number of amides is 1. The Morgan fingerprint density at radius 3 is 2.44 bits per heavy atom. The summed E-state index contributed by atoms with van der Waals surface area (Å²) in [7, 11) is -3.70. The fourth-order valence-electron chi connectivity index (χ4n) is 3.73. The van der Waals surface area contributed by atoms with Gasteiger partial charge in [-0.25, -0.2) is 8.42 Å². The largest absolute Gasteiger partial charge is 0.372 e. The number of anilines is 1. The van der Waals surface area contributed by atoms with Gasteiger partial charge in [-0.3, -0.25) is 9.10 Å². The minimum Gasteiger partial charge on any atom is -0.372 e. The third-order valence-corrected chi connectivity index (χ3v) is 6.53. The minimum absolute atomic E-state index is 0.0523. The smallest absolute Gasteiger partial charge is 0.265 e. The SMILES string of the molecule is CC1CN(C(=O)CN2c3cccc4cccc(c34)S2(=O)=O)CC(C)O1. The van der Waals surface area contributed by atoms with Gasteiger partial charge in [-0.05, 0) is 31.4 Å². The molecule has 2 heterocycles. The average molecular weight is 360 g/mol. The normalized spacial score (nSPS) is 24.7. The molecule has 132 valence electrons. The Balaban J connectivity index is 1.68. The number of ether oxygens (including phenoxy) is 1. The van der Waals surface area contributed by atoms with E-state index in [0.717, 1.165) is 5.39 Å². The molecule has 2 aliphatic heterocycles. The van der Waals surface area contributed by atoms with Crippen LogP contribution in [-0.4, -0.2) is 51.1 Å². The Kier molecular flexibility index (Phi) is 3.73. The van der Waals surface area contributed by atoms with Crippen LogP contribution in [0.3, 0.4) is 0 Å². The van der Waals surface area contributed by atoms with Gasteiger partial charge in [0, 0.05) is 18.5 Å². The highest BCUT2D eigenvalue weighted by Gasteiger charge is 2.38. The summed E-state index contributed by atoms with van der Waals surface area (Å²) < 4.78 is 32.8. The molecule has 7 heteroatoms. The number of morpholine rings is 1. The van der Waals surface area contributed by atoms with Crippen molar-refractivity contribution in [1.29, 1.82) is 0 Å². The van der Waals surface area contributed by atoms with Gasteiger partial charge in [-0.2, -0.15) is 0 Å². The lowest BCUT2D eigenvalue weighted by Crippen LogP contribution is -2.51. The molecule has 0 N–H and O–H groups in total. The van der Waals surface area contributed by atoms with E-state index in [4.69, 9.17) is 4.74 Å². The molecule has 1 saturated heterocycles. The number of sulfonamides is 1. The van der Waals surface area contributed by atoms with Gasteiger partial charge in [0.25, 0.3) is 10.0 Å². The summed E-state index contributed by atoms with van der Waals surface area (Å²) in [6.07, 6.45) is -0.105. The summed E-state index contributed by atoms with van der Waals surface area (Å²) in [4.78, 5) is 14.7. The van der Waals surface area contributed by atoms with Gasteiger partial charge in [0.05, 0.1) is 22.8 Å². The molecule has 6 nitrogen and oxygen atoms in total. The van der Waals surface area contributed by atoms with E-state index in [-0.39, 0.29) is 29.6 Å². The van der Waals surface area contributed by atoms with E-state index in [1.54, 1.807) is 23.1 Å². The topological polar surface area (TPSA) is 66.9 Å². The molecule has 2 unspecified atom stereocenters. The van der Waals surface area contributed by atoms with Crippen molar-refractivity contribution in [2.24, 2.45) is 0 Å². The van der Waals surface area contributed by atoms with E-state index < -0.39 is 10.0 Å². The molecular formula is C18H20N2O4S. The van der Waals surface area contributed by atoms with Gasteiger partial charge < -0.3 is 9.64 Å². The van der Waals surface area contributed by atoms with E-state index in [0.29, 0.717) is 24.2 Å². The van der Waals surface area contributed by atoms with Crippen LogP contribution in [0.25, 0.3) is 10.8 Å². The number of hydrogen-bond acceptors (Lipinski definition) is 4. The van der Waals surface area contributed by atoms with Crippen LogP contribution in [0.4, 0.5) is 5.69 Å². The Morgan fingerprint density at radius 1 is 1.12 bits per heavy atom. The summed E-state index contributed by atoms with van der Waals surface area (Å²) in [5.74, 6) is -0.199. The monoisotopic (exact) mass is 360 g/mol. The number of nitrogens with zero attached hydrogens (tertiary/aromatic N) is 2. The van der Waals surface area contributed by atoms with Crippen LogP contribution in [0.2, 0.25) is 0 Å². The Morgan fingerprint density at radius 2 is 1.76 bits per heavy atom. The van der Waals surface area contributed by atoms with E-state index in [2.05, 4.69) is 0 Å². The summed E-state index contributed by atoms with van der Waals surface area (Å²) in [6, 6.07) is 10.7. The van der Waals surface area contributed by atoms with Gasteiger partial charge in [0.2, 0.25) is 5.91 Å². The summed E-state index contributed by atoms with van der Waals surface area (Å²) in [6.45, 7) is 4.61. The number of carbonyl (C=O) groups is 1. The van der Waals surface area contributed by atoms with Crippen molar-refractivity contribution in [2.75, 3.05) is 23.9 Å². The first-order valence-corrected chi connectivity index (χ1v) is 9.79. The molecule has 0 aromatic heterocycles. The number of rotatable bonds is 2. The lowest BCUT2D eigenvalue weighted by Gasteiger charge is -2.36. The molecule has 25 heavy (non-hydrogen) atoms. The van der Waals surface area contributed by atoms with Crippen molar-refractivity contribution in [3.63, 3.8) is 0 Å². The molecule has 4 rings (SSSR count). The van der Waals surface area contributed by atoms with E-state index >= 15 is 0 Å². The van der Waals surface area contributed by atoms with Crippen molar-refractivity contribution in [2.45, 2.75) is 31.0 Å². The molecule has 0 bridgehead atoms. The fraction of sp³-hybridized carbons (Fsp3) is 0.389. The molecule has 0 aliphatic carbocycles. The molecule has 0 spiro atoms. The van der Waals surface area contributed by atoms with Crippen LogP contribution in [0, 0.1) is 0 Å². The van der Waals surface area contributed by atoms with Gasteiger partial charge in [0.15, 0.2) is 0 Å². The van der Waals surface area contributed by atoms with Crippen molar-refractivity contribution in [3.8, 4) is 0 Å². The number of hydrogen-bond donors (Lipinski definition) is 0. The van der Waals surface area contributed by atoms with Crippen LogP contribution in [-0.2, 0) is 19.6 Å². The third kappa shape index (κ3) is 2.58. The third-order valence-electron chi connectivity index (χ3n) is 4.73. The maximum Gasteiger partial charge on any atom is 0.265 e. The number of benzene rings is 2. The maximum absolute atomic E-state index is 12.9. The quantitative estimate of drug-likeness (QED) is 0.821. The van der Waals surface area contributed by atoms with E-state index in [1.807, 2.05) is 32.0 Å². The molecule has 1 fully saturated rings. The van der Waals surface area contributed by atoms with Crippen molar-refractivity contribution < 1.29 is 17.9 Å². The summed E-state index contributed by atoms with van der Waals surface area (Å²) >= 11 is 0. The Hall–Kier alpha value is -2.12. The molecule has 1 amide bonds. The molecule has 2 aliphatic rings. The molecule has 0 saturated carbocycles. The lowest BCUT2D eigenvalue weighted by molar-refractivity contribution is -0.141. The van der Waals surface area contributed by atoms with Crippen molar-refractivity contribution in [1.82, 2.24) is 4.90 Å². The standard InChI is InChI=1S/C18H20N2O4S/c1-12-9-19(10-13(2)24-12)17(21)11-20-15-7-3-5-14-6-4-8-16(18(14)15)25(20,22)23/h3-8,12-13H,9-11H2,1-2H3. The summed E-state index contributed by atoms with van der Waals surface area (Å²) in [5.41, 5.74) is 0.579.